The number of hydrogen-bond donors (Lipinski definition) is 1. The molecule has 0 aliphatic rings. The highest BCUT2D eigenvalue weighted by Crippen LogP contribution is 2.28. The molecule has 5 heteroatoms. The maximum atomic E-state index is 12.1. The van der Waals surface area contributed by atoms with Gasteiger partial charge in [-0.1, -0.05) is 62.4 Å². The van der Waals surface area contributed by atoms with Gasteiger partial charge in [-0.25, -0.2) is 0 Å². The summed E-state index contributed by atoms with van der Waals surface area (Å²) in [6.45, 7) is 6.36. The highest BCUT2D eigenvalue weighted by Gasteiger charge is 2.16. The van der Waals surface area contributed by atoms with E-state index in [4.69, 9.17) is 0 Å². The van der Waals surface area contributed by atoms with Crippen LogP contribution in [-0.4, -0.2) is 16.1 Å². The van der Waals surface area contributed by atoms with Crippen LogP contribution in [0.4, 0.5) is 5.13 Å². The fraction of sp³-hybridized carbons (Fsp3) is 0.471. The minimum Gasteiger partial charge on any atom is -0.301 e. The Labute approximate surface area is 136 Å². The number of hydrogen-bond acceptors (Lipinski definition) is 4. The van der Waals surface area contributed by atoms with Crippen LogP contribution in [0.5, 0.6) is 0 Å². The van der Waals surface area contributed by atoms with Crippen LogP contribution < -0.4 is 5.32 Å². The summed E-state index contributed by atoms with van der Waals surface area (Å²) in [4.78, 5) is 12.1. The van der Waals surface area contributed by atoms with Crippen LogP contribution in [0.3, 0.4) is 0 Å². The molecular weight excluding hydrogens is 294 g/mol. The van der Waals surface area contributed by atoms with Crippen molar-refractivity contribution in [3.8, 4) is 0 Å². The van der Waals surface area contributed by atoms with Crippen molar-refractivity contribution in [2.75, 3.05) is 5.32 Å². The van der Waals surface area contributed by atoms with Crippen molar-refractivity contribution in [3.05, 3.63) is 40.9 Å². The molecule has 0 aliphatic carbocycles. The summed E-state index contributed by atoms with van der Waals surface area (Å²) in [5, 5.41) is 12.8. The molecule has 2 rings (SSSR count). The van der Waals surface area contributed by atoms with E-state index in [1.807, 2.05) is 30.3 Å². The standard InChI is InChI=1S/C17H23N3OS/c1-4-13(5-2)16-19-20-17(22-16)18-15(21)11-12(3)14-9-7-6-8-10-14/h6-10,12-13H,4-5,11H2,1-3H3,(H,18,20,21)/t12-/m1/s1. The maximum absolute atomic E-state index is 12.1. The lowest BCUT2D eigenvalue weighted by molar-refractivity contribution is -0.116. The van der Waals surface area contributed by atoms with Crippen LogP contribution in [0.15, 0.2) is 30.3 Å². The van der Waals surface area contributed by atoms with E-state index in [0.717, 1.165) is 17.8 Å². The van der Waals surface area contributed by atoms with E-state index in [0.29, 0.717) is 17.5 Å². The second-order valence-electron chi connectivity index (χ2n) is 5.52. The molecule has 0 unspecified atom stereocenters. The van der Waals surface area contributed by atoms with Gasteiger partial charge in [0.2, 0.25) is 11.0 Å². The number of anilines is 1. The summed E-state index contributed by atoms with van der Waals surface area (Å²) in [6, 6.07) is 10.1. The number of aromatic nitrogens is 2. The highest BCUT2D eigenvalue weighted by atomic mass is 32.1. The average molecular weight is 317 g/mol. The molecule has 2 aromatic rings. The van der Waals surface area contributed by atoms with Gasteiger partial charge in [0.25, 0.3) is 0 Å². The number of carbonyl (C=O) groups is 1. The lowest BCUT2D eigenvalue weighted by Gasteiger charge is -2.10. The van der Waals surface area contributed by atoms with Gasteiger partial charge in [-0.15, -0.1) is 10.2 Å². The normalized spacial score (nSPS) is 12.4. The van der Waals surface area contributed by atoms with Gasteiger partial charge in [-0.3, -0.25) is 4.79 Å². The van der Waals surface area contributed by atoms with Crippen molar-refractivity contribution in [2.24, 2.45) is 0 Å². The molecule has 1 heterocycles. The number of rotatable bonds is 7. The van der Waals surface area contributed by atoms with Gasteiger partial charge in [-0.2, -0.15) is 0 Å². The van der Waals surface area contributed by atoms with Gasteiger partial charge in [0.15, 0.2) is 0 Å². The Morgan fingerprint density at radius 1 is 1.18 bits per heavy atom. The zero-order chi connectivity index (χ0) is 15.9. The summed E-state index contributed by atoms with van der Waals surface area (Å²) in [7, 11) is 0. The SMILES string of the molecule is CCC(CC)c1nnc(NC(=O)C[C@@H](C)c2ccccc2)s1. The van der Waals surface area contributed by atoms with Crippen LogP contribution in [0.2, 0.25) is 0 Å². The summed E-state index contributed by atoms with van der Waals surface area (Å²) in [5.74, 6) is 0.614. The first-order valence-corrected chi connectivity index (χ1v) is 8.63. The Balaban J connectivity index is 1.92. The first-order chi connectivity index (χ1) is 10.6. The molecule has 0 radical (unpaired) electrons. The number of nitrogens with zero attached hydrogens (tertiary/aromatic N) is 2. The van der Waals surface area contributed by atoms with Gasteiger partial charge in [0, 0.05) is 12.3 Å². The van der Waals surface area contributed by atoms with E-state index < -0.39 is 0 Å². The Morgan fingerprint density at radius 2 is 1.86 bits per heavy atom. The molecule has 0 spiro atoms. The molecular formula is C17H23N3OS. The smallest absolute Gasteiger partial charge is 0.226 e. The highest BCUT2D eigenvalue weighted by molar-refractivity contribution is 7.15. The Morgan fingerprint density at radius 3 is 2.50 bits per heavy atom. The Kier molecular flexibility index (Phi) is 6.07. The van der Waals surface area contributed by atoms with E-state index >= 15 is 0 Å². The molecule has 0 bridgehead atoms. The van der Waals surface area contributed by atoms with E-state index in [1.54, 1.807) is 0 Å². The van der Waals surface area contributed by atoms with Gasteiger partial charge in [0.1, 0.15) is 5.01 Å². The topological polar surface area (TPSA) is 54.9 Å². The number of carbonyl (C=O) groups excluding carboxylic acids is 1. The van der Waals surface area contributed by atoms with Crippen LogP contribution >= 0.6 is 11.3 Å². The molecule has 0 fully saturated rings. The summed E-state index contributed by atoms with van der Waals surface area (Å²) in [6.07, 6.45) is 2.54. The second kappa shape index (κ2) is 8.03. The van der Waals surface area contributed by atoms with Crippen LogP contribution in [0, 0.1) is 0 Å². The van der Waals surface area contributed by atoms with Crippen LogP contribution in [0.1, 0.15) is 62.4 Å². The molecule has 1 atom stereocenters. The summed E-state index contributed by atoms with van der Waals surface area (Å²) >= 11 is 1.49. The minimum atomic E-state index is -0.0106. The van der Waals surface area contributed by atoms with Crippen LogP contribution in [-0.2, 0) is 4.79 Å². The van der Waals surface area contributed by atoms with Crippen molar-refractivity contribution in [2.45, 2.75) is 51.9 Å². The maximum Gasteiger partial charge on any atom is 0.226 e. The molecule has 1 aromatic heterocycles. The monoisotopic (exact) mass is 317 g/mol. The first-order valence-electron chi connectivity index (χ1n) is 7.82. The Hall–Kier alpha value is -1.75. The van der Waals surface area contributed by atoms with E-state index in [1.165, 1.54) is 16.9 Å². The number of amides is 1. The molecule has 118 valence electrons. The van der Waals surface area contributed by atoms with Crippen LogP contribution in [0.25, 0.3) is 0 Å². The molecule has 1 N–H and O–H groups in total. The predicted molar refractivity (Wildman–Crippen MR) is 91.3 cm³/mol. The number of benzene rings is 1. The van der Waals surface area contributed by atoms with Crippen molar-refractivity contribution in [1.82, 2.24) is 10.2 Å². The van der Waals surface area contributed by atoms with Gasteiger partial charge < -0.3 is 5.32 Å². The molecule has 22 heavy (non-hydrogen) atoms. The second-order valence-corrected chi connectivity index (χ2v) is 6.53. The fourth-order valence-corrected chi connectivity index (χ4v) is 3.46. The predicted octanol–water partition coefficient (Wildman–Crippen LogP) is 4.57. The molecule has 0 saturated heterocycles. The minimum absolute atomic E-state index is 0.0106. The van der Waals surface area contributed by atoms with Crippen molar-refractivity contribution >= 4 is 22.4 Å². The molecule has 1 aromatic carbocycles. The van der Waals surface area contributed by atoms with Crippen molar-refractivity contribution < 1.29 is 4.79 Å². The van der Waals surface area contributed by atoms with E-state index in [2.05, 4.69) is 36.3 Å². The summed E-state index contributed by atoms with van der Waals surface area (Å²) < 4.78 is 0. The largest absolute Gasteiger partial charge is 0.301 e. The molecule has 0 aliphatic heterocycles. The van der Waals surface area contributed by atoms with Crippen molar-refractivity contribution in [1.29, 1.82) is 0 Å². The average Bonchev–Trinajstić information content (AvgIpc) is 2.97. The summed E-state index contributed by atoms with van der Waals surface area (Å²) in [5.41, 5.74) is 1.17. The molecule has 1 amide bonds. The van der Waals surface area contributed by atoms with Gasteiger partial charge in [0.05, 0.1) is 0 Å². The first kappa shape index (κ1) is 16.6. The lowest BCUT2D eigenvalue weighted by atomic mass is 9.98. The molecule has 0 saturated carbocycles. The third kappa shape index (κ3) is 4.37. The van der Waals surface area contributed by atoms with Gasteiger partial charge in [-0.05, 0) is 24.3 Å². The zero-order valence-corrected chi connectivity index (χ0v) is 14.2. The third-order valence-corrected chi connectivity index (χ3v) is 4.88. The molecule has 4 nitrogen and oxygen atoms in total. The van der Waals surface area contributed by atoms with Gasteiger partial charge >= 0.3 is 0 Å². The van der Waals surface area contributed by atoms with E-state index in [-0.39, 0.29) is 11.8 Å². The Bertz CT molecular complexity index is 593. The van der Waals surface area contributed by atoms with Crippen molar-refractivity contribution in [3.63, 3.8) is 0 Å². The zero-order valence-electron chi connectivity index (χ0n) is 13.4. The third-order valence-electron chi connectivity index (χ3n) is 3.88. The number of nitrogens with one attached hydrogen (secondary N) is 1. The van der Waals surface area contributed by atoms with E-state index in [9.17, 15) is 4.79 Å². The lowest BCUT2D eigenvalue weighted by Crippen LogP contribution is -2.14. The fourth-order valence-electron chi connectivity index (χ4n) is 2.44. The quantitative estimate of drug-likeness (QED) is 0.813.